The summed E-state index contributed by atoms with van der Waals surface area (Å²) in [6.07, 6.45) is 4.76. The van der Waals surface area contributed by atoms with E-state index in [4.69, 9.17) is 0 Å². The van der Waals surface area contributed by atoms with Crippen molar-refractivity contribution in [2.45, 2.75) is 38.8 Å². The minimum Gasteiger partial charge on any atom is -0.311 e. The van der Waals surface area contributed by atoms with Crippen molar-refractivity contribution in [2.24, 2.45) is 0 Å². The van der Waals surface area contributed by atoms with E-state index >= 15 is 0 Å². The smallest absolute Gasteiger partial charge is 0.0193 e. The second kappa shape index (κ2) is 6.70. The van der Waals surface area contributed by atoms with Crippen molar-refractivity contribution in [3.05, 3.63) is 0 Å². The van der Waals surface area contributed by atoms with Gasteiger partial charge in [0.15, 0.2) is 0 Å². The monoisotopic (exact) mass is 216 g/mol. The molecule has 0 aliphatic carbocycles. The average Bonchev–Trinajstić information content (AvgIpc) is 2.26. The standard InChI is InChI=1S/C11H24N2S/c1-4-10-8-13(7-6-12-10)11(5-2)9-14-3/h10-12H,4-9H2,1-3H3. The van der Waals surface area contributed by atoms with E-state index < -0.39 is 0 Å². The van der Waals surface area contributed by atoms with Crippen LogP contribution in [0.25, 0.3) is 0 Å². The van der Waals surface area contributed by atoms with E-state index in [0.717, 1.165) is 12.1 Å². The van der Waals surface area contributed by atoms with Crippen LogP contribution in [0.3, 0.4) is 0 Å². The Kier molecular flexibility index (Phi) is 5.90. The predicted octanol–water partition coefficient (Wildman–Crippen LogP) is 1.81. The molecule has 1 N–H and O–H groups in total. The Morgan fingerprint density at radius 3 is 2.86 bits per heavy atom. The number of hydrogen-bond donors (Lipinski definition) is 1. The summed E-state index contributed by atoms with van der Waals surface area (Å²) in [4.78, 5) is 2.67. The second-order valence-electron chi connectivity index (χ2n) is 4.07. The maximum atomic E-state index is 3.57. The van der Waals surface area contributed by atoms with Crippen molar-refractivity contribution in [3.8, 4) is 0 Å². The van der Waals surface area contributed by atoms with E-state index in [1.807, 2.05) is 11.8 Å². The number of nitrogens with zero attached hydrogens (tertiary/aromatic N) is 1. The fourth-order valence-electron chi connectivity index (χ4n) is 2.13. The number of thioether (sulfide) groups is 1. The van der Waals surface area contributed by atoms with Gasteiger partial charge in [0.25, 0.3) is 0 Å². The van der Waals surface area contributed by atoms with Gasteiger partial charge in [0.2, 0.25) is 0 Å². The van der Waals surface area contributed by atoms with E-state index in [1.165, 1.54) is 38.2 Å². The topological polar surface area (TPSA) is 15.3 Å². The summed E-state index contributed by atoms with van der Waals surface area (Å²) in [6.45, 7) is 8.23. The van der Waals surface area contributed by atoms with Gasteiger partial charge in [-0.2, -0.15) is 11.8 Å². The predicted molar refractivity (Wildman–Crippen MR) is 66.1 cm³/mol. The summed E-state index contributed by atoms with van der Waals surface area (Å²) >= 11 is 1.97. The maximum absolute atomic E-state index is 3.57. The average molecular weight is 216 g/mol. The molecule has 14 heavy (non-hydrogen) atoms. The van der Waals surface area contributed by atoms with Crippen LogP contribution in [-0.4, -0.2) is 48.6 Å². The maximum Gasteiger partial charge on any atom is 0.0193 e. The van der Waals surface area contributed by atoms with Crippen LogP contribution < -0.4 is 5.32 Å². The molecule has 0 amide bonds. The Labute approximate surface area is 92.8 Å². The van der Waals surface area contributed by atoms with Crippen LogP contribution >= 0.6 is 11.8 Å². The first-order valence-electron chi connectivity index (χ1n) is 5.78. The summed E-state index contributed by atoms with van der Waals surface area (Å²) < 4.78 is 0. The first kappa shape index (κ1) is 12.3. The third kappa shape index (κ3) is 3.44. The molecule has 1 rings (SSSR count). The van der Waals surface area contributed by atoms with Gasteiger partial charge in [-0.3, -0.25) is 4.90 Å². The Bertz CT molecular complexity index is 152. The van der Waals surface area contributed by atoms with E-state index in [-0.39, 0.29) is 0 Å². The molecule has 0 aromatic heterocycles. The number of nitrogens with one attached hydrogen (secondary N) is 1. The lowest BCUT2D eigenvalue weighted by Gasteiger charge is -2.38. The second-order valence-corrected chi connectivity index (χ2v) is 4.98. The van der Waals surface area contributed by atoms with Crippen molar-refractivity contribution < 1.29 is 0 Å². The zero-order valence-corrected chi connectivity index (χ0v) is 10.6. The van der Waals surface area contributed by atoms with Gasteiger partial charge in [-0.1, -0.05) is 13.8 Å². The van der Waals surface area contributed by atoms with E-state index in [0.29, 0.717) is 0 Å². The number of hydrogen-bond acceptors (Lipinski definition) is 3. The van der Waals surface area contributed by atoms with Crippen LogP contribution in [-0.2, 0) is 0 Å². The lowest BCUT2D eigenvalue weighted by Crippen LogP contribution is -2.54. The van der Waals surface area contributed by atoms with Crippen molar-refractivity contribution in [2.75, 3.05) is 31.6 Å². The molecular formula is C11H24N2S. The molecule has 1 saturated heterocycles. The van der Waals surface area contributed by atoms with Crippen LogP contribution in [0.15, 0.2) is 0 Å². The van der Waals surface area contributed by atoms with Gasteiger partial charge in [-0.25, -0.2) is 0 Å². The minimum atomic E-state index is 0.722. The highest BCUT2D eigenvalue weighted by atomic mass is 32.2. The fraction of sp³-hybridized carbons (Fsp3) is 1.00. The van der Waals surface area contributed by atoms with Crippen LogP contribution in [0.1, 0.15) is 26.7 Å². The van der Waals surface area contributed by atoms with Gasteiger partial charge in [-0.05, 0) is 19.1 Å². The third-order valence-electron chi connectivity index (χ3n) is 3.13. The molecule has 1 heterocycles. The van der Waals surface area contributed by atoms with E-state index in [2.05, 4.69) is 30.3 Å². The van der Waals surface area contributed by atoms with E-state index in [1.54, 1.807) is 0 Å². The largest absolute Gasteiger partial charge is 0.311 e. The van der Waals surface area contributed by atoms with E-state index in [9.17, 15) is 0 Å². The molecule has 1 aliphatic rings. The SMILES string of the molecule is CCC1CN(C(CC)CSC)CCN1. The quantitative estimate of drug-likeness (QED) is 0.754. The normalized spacial score (nSPS) is 26.4. The highest BCUT2D eigenvalue weighted by Gasteiger charge is 2.22. The fourth-order valence-corrected chi connectivity index (χ4v) is 2.96. The molecule has 0 spiro atoms. The van der Waals surface area contributed by atoms with Crippen LogP contribution in [0, 0.1) is 0 Å². The number of piperazine rings is 1. The van der Waals surface area contributed by atoms with Crippen LogP contribution in [0.2, 0.25) is 0 Å². The molecule has 0 aromatic carbocycles. The lowest BCUT2D eigenvalue weighted by molar-refractivity contribution is 0.150. The van der Waals surface area contributed by atoms with Crippen molar-refractivity contribution in [1.29, 1.82) is 0 Å². The minimum absolute atomic E-state index is 0.722. The Morgan fingerprint density at radius 1 is 1.50 bits per heavy atom. The highest BCUT2D eigenvalue weighted by molar-refractivity contribution is 7.98. The first-order valence-corrected chi connectivity index (χ1v) is 7.17. The molecular weight excluding hydrogens is 192 g/mol. The van der Waals surface area contributed by atoms with Gasteiger partial charge in [0, 0.05) is 37.5 Å². The van der Waals surface area contributed by atoms with Crippen molar-refractivity contribution >= 4 is 11.8 Å². The number of rotatable bonds is 5. The molecule has 0 saturated carbocycles. The summed E-state index contributed by atoms with van der Waals surface area (Å²) in [5.41, 5.74) is 0. The molecule has 84 valence electrons. The van der Waals surface area contributed by atoms with Crippen LogP contribution in [0.5, 0.6) is 0 Å². The molecule has 2 unspecified atom stereocenters. The summed E-state index contributed by atoms with van der Waals surface area (Å²) in [6, 6.07) is 1.51. The van der Waals surface area contributed by atoms with Gasteiger partial charge in [-0.15, -0.1) is 0 Å². The molecule has 1 aliphatic heterocycles. The van der Waals surface area contributed by atoms with Gasteiger partial charge >= 0.3 is 0 Å². The molecule has 0 aromatic rings. The Balaban J connectivity index is 2.40. The van der Waals surface area contributed by atoms with Crippen molar-refractivity contribution in [1.82, 2.24) is 10.2 Å². The summed E-state index contributed by atoms with van der Waals surface area (Å²) in [5, 5.41) is 3.57. The Hall–Kier alpha value is 0.270. The molecule has 1 fully saturated rings. The van der Waals surface area contributed by atoms with Crippen LogP contribution in [0.4, 0.5) is 0 Å². The first-order chi connectivity index (χ1) is 6.81. The zero-order chi connectivity index (χ0) is 10.4. The molecule has 2 nitrogen and oxygen atoms in total. The van der Waals surface area contributed by atoms with Crippen molar-refractivity contribution in [3.63, 3.8) is 0 Å². The molecule has 3 heteroatoms. The highest BCUT2D eigenvalue weighted by Crippen LogP contribution is 2.13. The summed E-state index contributed by atoms with van der Waals surface area (Å²) in [5.74, 6) is 1.28. The van der Waals surface area contributed by atoms with Gasteiger partial charge in [0.1, 0.15) is 0 Å². The Morgan fingerprint density at radius 2 is 2.29 bits per heavy atom. The molecule has 2 atom stereocenters. The molecule has 0 radical (unpaired) electrons. The zero-order valence-electron chi connectivity index (χ0n) is 9.75. The molecule has 0 bridgehead atoms. The van der Waals surface area contributed by atoms with Gasteiger partial charge < -0.3 is 5.32 Å². The van der Waals surface area contributed by atoms with Gasteiger partial charge in [0.05, 0.1) is 0 Å². The lowest BCUT2D eigenvalue weighted by atomic mass is 10.1. The summed E-state index contributed by atoms with van der Waals surface area (Å²) in [7, 11) is 0. The third-order valence-corrected chi connectivity index (χ3v) is 3.84.